The topological polar surface area (TPSA) is 159 Å². The Bertz CT molecular complexity index is 1460. The molecule has 184 valence electrons. The molecule has 36 heavy (non-hydrogen) atoms. The summed E-state index contributed by atoms with van der Waals surface area (Å²) in [6, 6.07) is 5.36. The predicted octanol–water partition coefficient (Wildman–Crippen LogP) is 1.93. The summed E-state index contributed by atoms with van der Waals surface area (Å²) in [5.74, 6) is 1.35. The molecule has 1 spiro atoms. The molecule has 12 heteroatoms. The molecule has 1 aliphatic carbocycles. The first-order valence-corrected chi connectivity index (χ1v) is 11.5. The molecule has 4 heterocycles. The fraction of sp³-hybridized carbons (Fsp3) is 0.333. The van der Waals surface area contributed by atoms with Crippen molar-refractivity contribution in [2.75, 3.05) is 25.5 Å². The number of likely N-dealkylation sites (N-methyl/N-ethyl adjacent to an activating group) is 1. The molecule has 0 radical (unpaired) electrons. The number of imidazole rings is 1. The number of amides is 1. The second-order valence-electron chi connectivity index (χ2n) is 8.89. The van der Waals surface area contributed by atoms with Gasteiger partial charge in [-0.1, -0.05) is 0 Å². The number of fused-ring (bicyclic) bond motifs is 1. The summed E-state index contributed by atoms with van der Waals surface area (Å²) < 4.78 is 7.58. The molecule has 5 rings (SSSR count). The van der Waals surface area contributed by atoms with E-state index in [4.69, 9.17) is 10.5 Å². The quantitative estimate of drug-likeness (QED) is 0.362. The minimum Gasteiger partial charge on any atom is -0.454 e. The second-order valence-corrected chi connectivity index (χ2v) is 8.89. The Kier molecular flexibility index (Phi) is 5.77. The van der Waals surface area contributed by atoms with Crippen molar-refractivity contribution in [1.82, 2.24) is 29.7 Å². The van der Waals surface area contributed by atoms with Crippen LogP contribution in [-0.2, 0) is 11.8 Å². The summed E-state index contributed by atoms with van der Waals surface area (Å²) in [6.07, 6.45) is 6.97. The third kappa shape index (κ3) is 4.20. The number of aromatic nitrogens is 4. The SMILES string of the molecule is CC(=O)Nc1cc(Oc2cnc3nc(/N=C(N)\C=C4/NCCN(C)C45CC5)n(C)c3c2C#N)ccn1. The summed E-state index contributed by atoms with van der Waals surface area (Å²) >= 11 is 0. The van der Waals surface area contributed by atoms with Gasteiger partial charge in [0.25, 0.3) is 0 Å². The van der Waals surface area contributed by atoms with Crippen LogP contribution in [0.3, 0.4) is 0 Å². The third-order valence-corrected chi connectivity index (χ3v) is 6.46. The Morgan fingerprint density at radius 1 is 1.39 bits per heavy atom. The van der Waals surface area contributed by atoms with E-state index >= 15 is 0 Å². The molecule has 1 amide bonds. The first kappa shape index (κ1) is 23.3. The molecule has 0 aromatic carbocycles. The van der Waals surface area contributed by atoms with Crippen molar-refractivity contribution in [3.05, 3.63) is 41.9 Å². The van der Waals surface area contributed by atoms with Crippen molar-refractivity contribution < 1.29 is 9.53 Å². The van der Waals surface area contributed by atoms with E-state index in [1.807, 2.05) is 6.08 Å². The lowest BCUT2D eigenvalue weighted by atomic mass is 10.1. The molecular formula is C24H26N10O2. The maximum atomic E-state index is 11.3. The van der Waals surface area contributed by atoms with E-state index in [0.29, 0.717) is 34.5 Å². The molecule has 1 saturated carbocycles. The minimum absolute atomic E-state index is 0.0271. The highest BCUT2D eigenvalue weighted by Gasteiger charge is 2.51. The standard InChI is InChI=1S/C24H26N10O2/c1-14(35)30-20-10-15(4-7-28-20)36-17-13-29-22-21(16(17)12-25)34(3)23(32-22)31-19(26)11-18-24(5-6-24)33(2)9-8-27-18/h4,7,10-11,13,27H,5-6,8-9H2,1-3H3,(H,28,30,35)(H2,26,29,31,32)/b18-11-. The Labute approximate surface area is 207 Å². The van der Waals surface area contributed by atoms with Gasteiger partial charge < -0.3 is 25.7 Å². The number of aliphatic imine (C=N–C) groups is 1. The van der Waals surface area contributed by atoms with Gasteiger partial charge in [-0.3, -0.25) is 9.69 Å². The highest BCUT2D eigenvalue weighted by Crippen LogP contribution is 2.47. The van der Waals surface area contributed by atoms with Gasteiger partial charge in [0.1, 0.15) is 34.6 Å². The first-order valence-electron chi connectivity index (χ1n) is 11.5. The van der Waals surface area contributed by atoms with Crippen LogP contribution in [0.15, 0.2) is 41.3 Å². The number of aryl methyl sites for hydroxylation is 1. The van der Waals surface area contributed by atoms with Crippen LogP contribution in [0, 0.1) is 11.3 Å². The molecule has 2 aliphatic rings. The molecule has 12 nitrogen and oxygen atoms in total. The van der Waals surface area contributed by atoms with Gasteiger partial charge in [0.2, 0.25) is 11.9 Å². The van der Waals surface area contributed by atoms with E-state index in [-0.39, 0.29) is 22.8 Å². The van der Waals surface area contributed by atoms with Gasteiger partial charge in [-0.05, 0) is 26.0 Å². The van der Waals surface area contributed by atoms with Crippen LogP contribution in [0.4, 0.5) is 11.8 Å². The number of nitrogens with one attached hydrogen (secondary N) is 2. The molecule has 1 saturated heterocycles. The lowest BCUT2D eigenvalue weighted by molar-refractivity contribution is -0.114. The molecule has 1 aliphatic heterocycles. The molecule has 4 N–H and O–H groups in total. The zero-order chi connectivity index (χ0) is 25.4. The van der Waals surface area contributed by atoms with E-state index in [2.05, 4.69) is 48.6 Å². The number of nitrogens with zero attached hydrogens (tertiary/aromatic N) is 7. The van der Waals surface area contributed by atoms with Gasteiger partial charge in [0, 0.05) is 51.1 Å². The number of pyridine rings is 2. The number of amidine groups is 1. The van der Waals surface area contributed by atoms with Gasteiger partial charge in [-0.25, -0.2) is 9.97 Å². The van der Waals surface area contributed by atoms with E-state index in [9.17, 15) is 10.1 Å². The molecule has 3 aromatic heterocycles. The number of anilines is 1. The zero-order valence-corrected chi connectivity index (χ0v) is 20.2. The highest BCUT2D eigenvalue weighted by molar-refractivity contribution is 5.94. The van der Waals surface area contributed by atoms with Crippen LogP contribution in [0.5, 0.6) is 11.5 Å². The van der Waals surface area contributed by atoms with Crippen molar-refractivity contribution in [2.24, 2.45) is 17.8 Å². The maximum Gasteiger partial charge on any atom is 0.233 e. The van der Waals surface area contributed by atoms with E-state index in [1.54, 1.807) is 23.7 Å². The van der Waals surface area contributed by atoms with Gasteiger partial charge in [-0.2, -0.15) is 15.2 Å². The van der Waals surface area contributed by atoms with Crippen LogP contribution < -0.4 is 21.1 Å². The summed E-state index contributed by atoms with van der Waals surface area (Å²) in [5.41, 5.74) is 8.46. The number of hydrogen-bond donors (Lipinski definition) is 3. The fourth-order valence-corrected chi connectivity index (χ4v) is 4.47. The lowest BCUT2D eigenvalue weighted by Crippen LogP contribution is -2.49. The van der Waals surface area contributed by atoms with Crippen LogP contribution in [0.25, 0.3) is 11.2 Å². The Morgan fingerprint density at radius 3 is 2.92 bits per heavy atom. The molecule has 3 aromatic rings. The van der Waals surface area contributed by atoms with Crippen molar-refractivity contribution in [3.63, 3.8) is 0 Å². The fourth-order valence-electron chi connectivity index (χ4n) is 4.47. The van der Waals surface area contributed by atoms with E-state index in [0.717, 1.165) is 31.6 Å². The van der Waals surface area contributed by atoms with Gasteiger partial charge in [0.05, 0.1) is 11.7 Å². The van der Waals surface area contributed by atoms with Gasteiger partial charge in [0.15, 0.2) is 11.4 Å². The zero-order valence-electron chi connectivity index (χ0n) is 20.2. The Morgan fingerprint density at radius 2 is 2.19 bits per heavy atom. The third-order valence-electron chi connectivity index (χ3n) is 6.46. The van der Waals surface area contributed by atoms with Crippen molar-refractivity contribution in [1.29, 1.82) is 5.26 Å². The average Bonchev–Trinajstić information content (AvgIpc) is 3.57. The Balaban J connectivity index is 1.47. The van der Waals surface area contributed by atoms with Crippen molar-refractivity contribution in [2.45, 2.75) is 25.3 Å². The molecule has 0 atom stereocenters. The number of nitriles is 1. The van der Waals surface area contributed by atoms with Crippen LogP contribution in [0.2, 0.25) is 0 Å². The smallest absolute Gasteiger partial charge is 0.233 e. The summed E-state index contributed by atoms with van der Waals surface area (Å²) in [4.78, 5) is 31.1. The van der Waals surface area contributed by atoms with Crippen LogP contribution >= 0.6 is 0 Å². The minimum atomic E-state index is -0.253. The number of nitrogens with two attached hydrogens (primary N) is 1. The maximum absolute atomic E-state index is 11.3. The number of carbonyl (C=O) groups excluding carboxylic acids is 1. The number of hydrogen-bond acceptors (Lipinski definition) is 9. The molecule has 2 fully saturated rings. The monoisotopic (exact) mass is 486 g/mol. The number of rotatable bonds is 5. The lowest BCUT2D eigenvalue weighted by Gasteiger charge is -2.36. The van der Waals surface area contributed by atoms with Crippen molar-refractivity contribution in [3.8, 4) is 17.6 Å². The highest BCUT2D eigenvalue weighted by atomic mass is 16.5. The average molecular weight is 487 g/mol. The molecular weight excluding hydrogens is 460 g/mol. The van der Waals surface area contributed by atoms with Gasteiger partial charge >= 0.3 is 0 Å². The molecule has 0 bridgehead atoms. The van der Waals surface area contributed by atoms with Gasteiger partial charge in [-0.15, -0.1) is 0 Å². The van der Waals surface area contributed by atoms with Crippen molar-refractivity contribution >= 4 is 34.7 Å². The Hall–Kier alpha value is -4.50. The second kappa shape index (κ2) is 8.94. The van der Waals surface area contributed by atoms with Crippen LogP contribution in [0.1, 0.15) is 25.3 Å². The largest absolute Gasteiger partial charge is 0.454 e. The van der Waals surface area contributed by atoms with Crippen LogP contribution in [-0.4, -0.2) is 61.8 Å². The predicted molar refractivity (Wildman–Crippen MR) is 134 cm³/mol. The summed E-state index contributed by atoms with van der Waals surface area (Å²) in [6.45, 7) is 3.23. The summed E-state index contributed by atoms with van der Waals surface area (Å²) in [7, 11) is 3.87. The normalized spacial score (nSPS) is 18.2. The first-order chi connectivity index (χ1) is 17.3. The summed E-state index contributed by atoms with van der Waals surface area (Å²) in [5, 5.41) is 16.0. The van der Waals surface area contributed by atoms with E-state index < -0.39 is 0 Å². The van der Waals surface area contributed by atoms with E-state index in [1.165, 1.54) is 19.3 Å². The number of carbonyl (C=O) groups is 1. The molecule has 0 unspecified atom stereocenters. The number of piperazine rings is 1. The number of ether oxygens (including phenoxy) is 1.